The van der Waals surface area contributed by atoms with Crippen molar-refractivity contribution in [3.8, 4) is 0 Å². The highest BCUT2D eigenvalue weighted by atomic mass is 16.6. The van der Waals surface area contributed by atoms with Crippen LogP contribution in [0.3, 0.4) is 0 Å². The molecule has 41 heavy (non-hydrogen) atoms. The van der Waals surface area contributed by atoms with Crippen molar-refractivity contribution in [3.63, 3.8) is 0 Å². The van der Waals surface area contributed by atoms with E-state index in [0.29, 0.717) is 13.0 Å². The number of aliphatic hydroxyl groups excluding tert-OH is 3. The lowest BCUT2D eigenvalue weighted by Crippen LogP contribution is -2.71. The molecule has 9 nitrogen and oxygen atoms in total. The number of carbonyl (C=O) groups is 2. The highest BCUT2D eigenvalue weighted by Crippen LogP contribution is 2.32. The summed E-state index contributed by atoms with van der Waals surface area (Å²) in [5, 5.41) is 33.6. The third kappa shape index (κ3) is 15.2. The van der Waals surface area contributed by atoms with E-state index in [2.05, 4.69) is 19.2 Å². The lowest BCUT2D eigenvalue weighted by Gasteiger charge is -2.50. The highest BCUT2D eigenvalue weighted by molar-refractivity contribution is 5.81. The Bertz CT molecular complexity index is 682. The third-order valence-corrected chi connectivity index (χ3v) is 8.27. The lowest BCUT2D eigenvalue weighted by molar-refractivity contribution is -0.280. The molecule has 1 aliphatic rings. The van der Waals surface area contributed by atoms with E-state index in [4.69, 9.17) is 10.5 Å². The minimum Gasteiger partial charge on any atom is -0.394 e. The number of hydrogen-bond acceptors (Lipinski definition) is 7. The number of aliphatic hydroxyl groups is 3. The van der Waals surface area contributed by atoms with Gasteiger partial charge in [0.05, 0.1) is 19.3 Å². The van der Waals surface area contributed by atoms with Crippen molar-refractivity contribution in [2.24, 2.45) is 5.73 Å². The first-order valence-electron chi connectivity index (χ1n) is 16.8. The van der Waals surface area contributed by atoms with Gasteiger partial charge in [-0.15, -0.1) is 0 Å². The van der Waals surface area contributed by atoms with Crippen LogP contribution in [0.25, 0.3) is 0 Å². The Labute approximate surface area is 250 Å². The van der Waals surface area contributed by atoms with Gasteiger partial charge in [-0.2, -0.15) is 0 Å². The fourth-order valence-electron chi connectivity index (χ4n) is 5.74. The SMILES string of the molecule is CCCCCCCCCCCCN(C(=O)CCCCCCCCCCC)[C@@]1(NC(=O)CN)C[C@@H](O)[C@H](O)[C@@H](CO)O1. The van der Waals surface area contributed by atoms with Crippen molar-refractivity contribution >= 4 is 11.8 Å². The molecule has 0 radical (unpaired) electrons. The molecular formula is C32H63N3O6. The summed E-state index contributed by atoms with van der Waals surface area (Å²) >= 11 is 0. The Morgan fingerprint density at radius 3 is 1.73 bits per heavy atom. The molecule has 6 N–H and O–H groups in total. The zero-order valence-electron chi connectivity index (χ0n) is 26.3. The van der Waals surface area contributed by atoms with Gasteiger partial charge in [-0.05, 0) is 12.8 Å². The van der Waals surface area contributed by atoms with Crippen LogP contribution < -0.4 is 11.1 Å². The molecule has 0 aromatic heterocycles. The summed E-state index contributed by atoms with van der Waals surface area (Å²) in [7, 11) is 0. The van der Waals surface area contributed by atoms with Crippen LogP contribution in [0.4, 0.5) is 0 Å². The van der Waals surface area contributed by atoms with Crippen molar-refractivity contribution in [2.45, 2.75) is 173 Å². The van der Waals surface area contributed by atoms with Crippen molar-refractivity contribution in [1.82, 2.24) is 10.2 Å². The normalized spacial score (nSPS) is 22.5. The molecular weight excluding hydrogens is 522 g/mol. The Balaban J connectivity index is 2.80. The number of rotatable bonds is 25. The average Bonchev–Trinajstić information content (AvgIpc) is 2.96. The summed E-state index contributed by atoms with van der Waals surface area (Å²) in [6, 6.07) is 0. The largest absolute Gasteiger partial charge is 0.394 e. The molecule has 1 aliphatic heterocycles. The zero-order valence-corrected chi connectivity index (χ0v) is 26.3. The van der Waals surface area contributed by atoms with E-state index >= 15 is 0 Å². The minimum atomic E-state index is -1.67. The number of nitrogens with two attached hydrogens (primary N) is 1. The van der Waals surface area contributed by atoms with Crippen LogP contribution in [-0.4, -0.2) is 75.9 Å². The first-order chi connectivity index (χ1) is 19.8. The van der Waals surface area contributed by atoms with Gasteiger partial charge in [0.1, 0.15) is 12.2 Å². The molecule has 1 saturated heterocycles. The molecule has 9 heteroatoms. The van der Waals surface area contributed by atoms with Crippen LogP contribution in [-0.2, 0) is 14.3 Å². The first-order valence-corrected chi connectivity index (χ1v) is 16.8. The first kappa shape index (κ1) is 37.8. The number of ether oxygens (including phenoxy) is 1. The van der Waals surface area contributed by atoms with Gasteiger partial charge in [0.2, 0.25) is 17.7 Å². The molecule has 1 rings (SSSR count). The van der Waals surface area contributed by atoms with Crippen molar-refractivity contribution in [2.75, 3.05) is 19.7 Å². The molecule has 242 valence electrons. The molecule has 0 saturated carbocycles. The number of amides is 2. The second-order valence-corrected chi connectivity index (χ2v) is 11.9. The Morgan fingerprint density at radius 2 is 1.27 bits per heavy atom. The van der Waals surface area contributed by atoms with E-state index in [0.717, 1.165) is 44.9 Å². The fraction of sp³-hybridized carbons (Fsp3) is 0.938. The maximum Gasteiger partial charge on any atom is 0.237 e. The van der Waals surface area contributed by atoms with E-state index in [1.807, 2.05) is 0 Å². The summed E-state index contributed by atoms with van der Waals surface area (Å²) in [6.07, 6.45) is 18.1. The predicted octanol–water partition coefficient (Wildman–Crippen LogP) is 4.89. The Morgan fingerprint density at radius 1 is 0.805 bits per heavy atom. The van der Waals surface area contributed by atoms with Crippen LogP contribution >= 0.6 is 0 Å². The Kier molecular flexibility index (Phi) is 21.4. The second-order valence-electron chi connectivity index (χ2n) is 11.9. The van der Waals surface area contributed by atoms with Gasteiger partial charge in [0.25, 0.3) is 0 Å². The molecule has 1 heterocycles. The van der Waals surface area contributed by atoms with Crippen LogP contribution in [0, 0.1) is 0 Å². The number of unbranched alkanes of at least 4 members (excludes halogenated alkanes) is 17. The van der Waals surface area contributed by atoms with Crippen LogP contribution in [0.2, 0.25) is 0 Å². The van der Waals surface area contributed by atoms with Crippen molar-refractivity contribution in [3.05, 3.63) is 0 Å². The van der Waals surface area contributed by atoms with Crippen molar-refractivity contribution < 1.29 is 29.6 Å². The second kappa shape index (κ2) is 23.2. The smallest absolute Gasteiger partial charge is 0.237 e. The maximum atomic E-state index is 13.7. The molecule has 2 amide bonds. The van der Waals surface area contributed by atoms with Gasteiger partial charge >= 0.3 is 0 Å². The van der Waals surface area contributed by atoms with Gasteiger partial charge in [0, 0.05) is 19.4 Å². The van der Waals surface area contributed by atoms with Gasteiger partial charge in [-0.1, -0.05) is 123 Å². The molecule has 0 aromatic carbocycles. The summed E-state index contributed by atoms with van der Waals surface area (Å²) in [4.78, 5) is 27.7. The fourth-order valence-corrected chi connectivity index (χ4v) is 5.74. The van der Waals surface area contributed by atoms with E-state index in [-0.39, 0.29) is 18.9 Å². The van der Waals surface area contributed by atoms with Gasteiger partial charge in [-0.3, -0.25) is 14.5 Å². The predicted molar refractivity (Wildman–Crippen MR) is 164 cm³/mol. The standard InChI is InChI=1S/C32H63N3O6/c1-3-5-7-9-11-13-15-17-19-21-23-35(30(39)22-20-18-16-14-12-10-8-6-4-2)32(34-29(38)25-33)24-27(37)31(40)28(26-36)41-32/h27-28,31,36-37,40H,3-26,33H2,1-2H3,(H,34,38)/t27-,28-,31+,32+/m1/s1. The number of hydrogen-bond donors (Lipinski definition) is 5. The number of nitrogens with one attached hydrogen (secondary N) is 1. The summed E-state index contributed by atoms with van der Waals surface area (Å²) in [5.41, 5.74) is 5.59. The van der Waals surface area contributed by atoms with E-state index in [1.54, 1.807) is 0 Å². The number of carbonyl (C=O) groups excluding carboxylic acids is 2. The van der Waals surface area contributed by atoms with Gasteiger partial charge < -0.3 is 31.1 Å². The molecule has 0 aromatic rings. The minimum absolute atomic E-state index is 0.165. The molecule has 4 atom stereocenters. The van der Waals surface area contributed by atoms with E-state index in [1.165, 1.54) is 81.9 Å². The molecule has 0 aliphatic carbocycles. The summed E-state index contributed by atoms with van der Waals surface area (Å²) in [5.74, 6) is -2.37. The van der Waals surface area contributed by atoms with Crippen LogP contribution in [0.1, 0.15) is 149 Å². The van der Waals surface area contributed by atoms with Gasteiger partial charge in [-0.25, -0.2) is 0 Å². The van der Waals surface area contributed by atoms with E-state index in [9.17, 15) is 24.9 Å². The lowest BCUT2D eigenvalue weighted by atomic mass is 9.96. The monoisotopic (exact) mass is 585 g/mol. The average molecular weight is 586 g/mol. The maximum absolute atomic E-state index is 13.7. The molecule has 0 bridgehead atoms. The Hall–Kier alpha value is -1.26. The summed E-state index contributed by atoms with van der Waals surface area (Å²) in [6.45, 7) is 3.91. The summed E-state index contributed by atoms with van der Waals surface area (Å²) < 4.78 is 6.05. The quantitative estimate of drug-likeness (QED) is 0.0758. The highest BCUT2D eigenvalue weighted by Gasteiger charge is 2.51. The van der Waals surface area contributed by atoms with Crippen LogP contribution in [0.15, 0.2) is 0 Å². The molecule has 0 unspecified atom stereocenters. The molecule has 1 fully saturated rings. The van der Waals surface area contributed by atoms with E-state index < -0.39 is 36.7 Å². The third-order valence-electron chi connectivity index (χ3n) is 8.27. The topological polar surface area (TPSA) is 145 Å². The number of nitrogens with zero attached hydrogens (tertiary/aromatic N) is 1. The molecule has 0 spiro atoms. The van der Waals surface area contributed by atoms with Gasteiger partial charge in [0.15, 0.2) is 0 Å². The van der Waals surface area contributed by atoms with Crippen LogP contribution in [0.5, 0.6) is 0 Å². The van der Waals surface area contributed by atoms with Crippen molar-refractivity contribution in [1.29, 1.82) is 0 Å². The zero-order chi connectivity index (χ0) is 30.3.